The summed E-state index contributed by atoms with van der Waals surface area (Å²) in [5.74, 6) is 0.785. The molecule has 3 atom stereocenters. The van der Waals surface area contributed by atoms with E-state index in [1.165, 1.54) is 25.7 Å². The van der Waals surface area contributed by atoms with Crippen molar-refractivity contribution in [3.8, 4) is 0 Å². The Balaban J connectivity index is 1.76. The fourth-order valence-electron chi connectivity index (χ4n) is 2.91. The van der Waals surface area contributed by atoms with E-state index in [1.807, 2.05) is 6.92 Å². The highest BCUT2D eigenvalue weighted by molar-refractivity contribution is 6.67. The second kappa shape index (κ2) is 6.48. The van der Waals surface area contributed by atoms with Crippen molar-refractivity contribution >= 4 is 8.56 Å². The molecule has 2 fully saturated rings. The predicted molar refractivity (Wildman–Crippen MR) is 71.7 cm³/mol. The maximum atomic E-state index is 5.68. The first-order chi connectivity index (χ1) is 8.73. The molecule has 0 spiro atoms. The minimum atomic E-state index is -2.12. The van der Waals surface area contributed by atoms with E-state index in [0.29, 0.717) is 18.4 Å². The van der Waals surface area contributed by atoms with Crippen molar-refractivity contribution in [3.63, 3.8) is 0 Å². The van der Waals surface area contributed by atoms with E-state index in [-0.39, 0.29) is 0 Å². The molecule has 2 aliphatic rings. The quantitative estimate of drug-likeness (QED) is 0.503. The molecule has 1 aliphatic carbocycles. The molecule has 1 aliphatic heterocycles. The summed E-state index contributed by atoms with van der Waals surface area (Å²) < 4.78 is 22.5. The van der Waals surface area contributed by atoms with E-state index in [1.54, 1.807) is 14.2 Å². The molecule has 0 aromatic heterocycles. The van der Waals surface area contributed by atoms with Crippen LogP contribution in [0, 0.1) is 5.92 Å². The Morgan fingerprint density at radius 1 is 1.17 bits per heavy atom. The monoisotopic (exact) mass is 274 g/mol. The smallest absolute Gasteiger partial charge is 0.364 e. The molecule has 2 rings (SSSR count). The van der Waals surface area contributed by atoms with Crippen molar-refractivity contribution in [2.24, 2.45) is 5.92 Å². The van der Waals surface area contributed by atoms with Crippen molar-refractivity contribution in [3.05, 3.63) is 0 Å². The zero-order chi connectivity index (χ0) is 13.0. The number of rotatable bonds is 8. The summed E-state index contributed by atoms with van der Waals surface area (Å²) >= 11 is 0. The highest BCUT2D eigenvalue weighted by Crippen LogP contribution is 2.41. The summed E-state index contributed by atoms with van der Waals surface area (Å²) in [4.78, 5) is 0. The SMILES string of the molecule is CCOC[Si](CCC1CCC2OC2C1)(OC)OC. The lowest BCUT2D eigenvalue weighted by Crippen LogP contribution is -2.46. The van der Waals surface area contributed by atoms with Crippen LogP contribution in [0.2, 0.25) is 6.04 Å². The van der Waals surface area contributed by atoms with Crippen LogP contribution < -0.4 is 0 Å². The lowest BCUT2D eigenvalue weighted by molar-refractivity contribution is 0.131. The van der Waals surface area contributed by atoms with Gasteiger partial charge in [-0.15, -0.1) is 0 Å². The van der Waals surface area contributed by atoms with Crippen molar-refractivity contribution < 1.29 is 18.3 Å². The van der Waals surface area contributed by atoms with Crippen molar-refractivity contribution in [2.75, 3.05) is 27.1 Å². The van der Waals surface area contributed by atoms with Gasteiger partial charge in [0.15, 0.2) is 0 Å². The Labute approximate surface area is 111 Å². The Kier molecular flexibility index (Phi) is 5.21. The average molecular weight is 274 g/mol. The molecule has 1 heterocycles. The molecule has 0 aromatic carbocycles. The van der Waals surface area contributed by atoms with Gasteiger partial charge in [0.1, 0.15) is 0 Å². The summed E-state index contributed by atoms with van der Waals surface area (Å²) in [6.07, 6.45) is 6.77. The van der Waals surface area contributed by atoms with Crippen molar-refractivity contribution in [2.45, 2.75) is 50.9 Å². The van der Waals surface area contributed by atoms with Gasteiger partial charge in [-0.05, 0) is 44.6 Å². The van der Waals surface area contributed by atoms with E-state index >= 15 is 0 Å². The summed E-state index contributed by atoms with van der Waals surface area (Å²) in [7, 11) is 1.40. The molecule has 0 N–H and O–H groups in total. The molecule has 0 amide bonds. The number of hydrogen-bond acceptors (Lipinski definition) is 4. The molecule has 18 heavy (non-hydrogen) atoms. The highest BCUT2D eigenvalue weighted by Gasteiger charge is 2.45. The van der Waals surface area contributed by atoms with Crippen LogP contribution in [0.25, 0.3) is 0 Å². The lowest BCUT2D eigenvalue weighted by Gasteiger charge is -2.29. The van der Waals surface area contributed by atoms with E-state index in [9.17, 15) is 0 Å². The van der Waals surface area contributed by atoms with Crippen LogP contribution in [-0.4, -0.2) is 47.8 Å². The summed E-state index contributed by atoms with van der Waals surface area (Å²) in [5, 5.41) is 0. The normalized spacial score (nSPS) is 31.2. The molecule has 4 nitrogen and oxygen atoms in total. The Morgan fingerprint density at radius 2 is 1.94 bits per heavy atom. The van der Waals surface area contributed by atoms with Gasteiger partial charge < -0.3 is 18.3 Å². The van der Waals surface area contributed by atoms with Gasteiger partial charge in [-0.1, -0.05) is 0 Å². The molecule has 0 radical (unpaired) electrons. The molecule has 1 saturated carbocycles. The third-order valence-corrected chi connectivity index (χ3v) is 7.50. The topological polar surface area (TPSA) is 40.2 Å². The van der Waals surface area contributed by atoms with Gasteiger partial charge in [-0.25, -0.2) is 0 Å². The second-order valence-corrected chi connectivity index (χ2v) is 8.81. The number of fused-ring (bicyclic) bond motifs is 1. The molecule has 0 aromatic rings. The third kappa shape index (κ3) is 3.54. The first-order valence-corrected chi connectivity index (χ1v) is 9.29. The zero-order valence-electron chi connectivity index (χ0n) is 11.8. The lowest BCUT2D eigenvalue weighted by atomic mass is 9.88. The van der Waals surface area contributed by atoms with Crippen molar-refractivity contribution in [1.29, 1.82) is 0 Å². The number of hydrogen-bond donors (Lipinski definition) is 0. The standard InChI is InChI=1S/C13H26O4Si/c1-4-16-10-18(14-2,15-3)8-7-11-5-6-12-13(9-11)17-12/h11-13H,4-10H2,1-3H3. The van der Waals surface area contributed by atoms with E-state index < -0.39 is 8.56 Å². The van der Waals surface area contributed by atoms with Gasteiger partial charge >= 0.3 is 8.56 Å². The number of ether oxygens (including phenoxy) is 2. The molecular formula is C13H26O4Si. The summed E-state index contributed by atoms with van der Waals surface area (Å²) in [5.41, 5.74) is 0. The number of epoxide rings is 1. The second-order valence-electron chi connectivity index (χ2n) is 5.39. The maximum absolute atomic E-state index is 5.68. The Bertz CT molecular complexity index is 257. The zero-order valence-corrected chi connectivity index (χ0v) is 12.8. The van der Waals surface area contributed by atoms with Gasteiger partial charge in [0, 0.05) is 20.8 Å². The van der Waals surface area contributed by atoms with Gasteiger partial charge in [0.2, 0.25) is 0 Å². The first kappa shape index (κ1) is 14.5. The van der Waals surface area contributed by atoms with E-state index in [4.69, 9.17) is 18.3 Å². The highest BCUT2D eigenvalue weighted by atomic mass is 28.4. The van der Waals surface area contributed by atoms with Gasteiger partial charge in [-0.3, -0.25) is 0 Å². The largest absolute Gasteiger partial charge is 0.396 e. The predicted octanol–water partition coefficient (Wildman–Crippen LogP) is 2.25. The minimum Gasteiger partial charge on any atom is -0.396 e. The molecule has 5 heteroatoms. The van der Waals surface area contributed by atoms with Crippen LogP contribution in [-0.2, 0) is 18.3 Å². The molecule has 0 bridgehead atoms. The van der Waals surface area contributed by atoms with E-state index in [2.05, 4.69) is 0 Å². The van der Waals surface area contributed by atoms with Gasteiger partial charge in [0.05, 0.1) is 18.4 Å². The summed E-state index contributed by atoms with van der Waals surface area (Å²) in [6, 6.07) is 1.03. The van der Waals surface area contributed by atoms with Crippen LogP contribution in [0.5, 0.6) is 0 Å². The average Bonchev–Trinajstić information content (AvgIpc) is 3.18. The maximum Gasteiger partial charge on any atom is 0.364 e. The van der Waals surface area contributed by atoms with Crippen LogP contribution >= 0.6 is 0 Å². The molecule has 106 valence electrons. The molecule has 1 saturated heterocycles. The van der Waals surface area contributed by atoms with Crippen LogP contribution in [0.3, 0.4) is 0 Å². The van der Waals surface area contributed by atoms with Gasteiger partial charge in [0.25, 0.3) is 0 Å². The molecule has 3 unspecified atom stereocenters. The summed E-state index contributed by atoms with van der Waals surface area (Å²) in [6.45, 7) is 2.73. The molecular weight excluding hydrogens is 248 g/mol. The van der Waals surface area contributed by atoms with Crippen LogP contribution in [0.15, 0.2) is 0 Å². The van der Waals surface area contributed by atoms with Crippen molar-refractivity contribution in [1.82, 2.24) is 0 Å². The van der Waals surface area contributed by atoms with E-state index in [0.717, 1.165) is 18.6 Å². The van der Waals surface area contributed by atoms with Gasteiger partial charge in [-0.2, -0.15) is 0 Å². The fraction of sp³-hybridized carbons (Fsp3) is 1.00. The first-order valence-electron chi connectivity index (χ1n) is 7.06. The fourth-order valence-corrected chi connectivity index (χ4v) is 5.23. The van der Waals surface area contributed by atoms with Crippen LogP contribution in [0.1, 0.15) is 32.6 Å². The Hall–Kier alpha value is 0.0569. The Morgan fingerprint density at radius 3 is 2.56 bits per heavy atom. The third-order valence-electron chi connectivity index (χ3n) is 4.32. The minimum absolute atomic E-state index is 0.566. The van der Waals surface area contributed by atoms with Crippen LogP contribution in [0.4, 0.5) is 0 Å².